The minimum Gasteiger partial charge on any atom is -0.443 e. The Bertz CT molecular complexity index is 1950. The second-order valence-corrected chi connectivity index (χ2v) is 15.0. The lowest BCUT2D eigenvalue weighted by molar-refractivity contribution is 0.0584. The second kappa shape index (κ2) is 13.0. The van der Waals surface area contributed by atoms with E-state index in [-0.39, 0.29) is 18.6 Å². The Morgan fingerprint density at radius 1 is 0.729 bits per heavy atom. The van der Waals surface area contributed by atoms with E-state index in [0.29, 0.717) is 23.0 Å². The average Bonchev–Trinajstić information content (AvgIpc) is 3.16. The van der Waals surface area contributed by atoms with Crippen LogP contribution >= 0.6 is 7.75 Å². The first kappa shape index (κ1) is 33.1. The first-order valence-corrected chi connectivity index (χ1v) is 17.8. The Morgan fingerprint density at radius 2 is 1.21 bits per heavy atom. The van der Waals surface area contributed by atoms with Crippen molar-refractivity contribution in [1.82, 2.24) is 4.90 Å². The zero-order valence-corrected chi connectivity index (χ0v) is 29.4. The number of benzene rings is 5. The second-order valence-electron chi connectivity index (χ2n) is 13.5. The molecule has 0 bridgehead atoms. The van der Waals surface area contributed by atoms with Crippen LogP contribution in [0.3, 0.4) is 0 Å². The summed E-state index contributed by atoms with van der Waals surface area (Å²) >= 11 is 0. The van der Waals surface area contributed by atoms with Gasteiger partial charge in [0.15, 0.2) is 0 Å². The van der Waals surface area contributed by atoms with Gasteiger partial charge in [-0.15, -0.1) is 4.76 Å². The van der Waals surface area contributed by atoms with Gasteiger partial charge < -0.3 is 18.7 Å². The van der Waals surface area contributed by atoms with E-state index in [1.807, 2.05) is 156 Å². The predicted molar refractivity (Wildman–Crippen MR) is 195 cm³/mol. The number of hydrogen-bond donors (Lipinski definition) is 0. The van der Waals surface area contributed by atoms with Gasteiger partial charge in [-0.3, -0.25) is 4.90 Å². The number of rotatable bonds is 6. The molecule has 5 aromatic rings. The van der Waals surface area contributed by atoms with Gasteiger partial charge in [0.05, 0.1) is 6.54 Å². The molecule has 0 aliphatic carbocycles. The largest absolute Gasteiger partial charge is 0.565 e. The van der Waals surface area contributed by atoms with Crippen LogP contribution in [0.15, 0.2) is 108 Å². The summed E-state index contributed by atoms with van der Waals surface area (Å²) in [5.41, 5.74) is 1.45. The molecule has 0 atom stereocenters. The molecule has 0 spiro atoms. The van der Waals surface area contributed by atoms with Crippen molar-refractivity contribution in [3.05, 3.63) is 103 Å². The van der Waals surface area contributed by atoms with Crippen LogP contribution < -0.4 is 13.9 Å². The topological polar surface area (TPSA) is 80.7 Å². The summed E-state index contributed by atoms with van der Waals surface area (Å²) in [7, 11) is -4.32. The molecule has 0 radical (unpaired) electrons. The summed E-state index contributed by atoms with van der Waals surface area (Å²) in [6, 6.07) is 32.8. The van der Waals surface area contributed by atoms with Crippen LogP contribution in [0.5, 0.6) is 11.5 Å². The number of carbonyl (C=O) groups excluding carboxylic acids is 1. The van der Waals surface area contributed by atoms with Crippen molar-refractivity contribution in [3.8, 4) is 22.6 Å². The molecule has 5 aromatic carbocycles. The molecule has 0 saturated carbocycles. The average molecular weight is 664 g/mol. The van der Waals surface area contributed by atoms with Crippen LogP contribution in [0.1, 0.15) is 48.5 Å². The summed E-state index contributed by atoms with van der Waals surface area (Å²) in [6.45, 7) is 13.6. The van der Waals surface area contributed by atoms with Crippen LogP contribution in [0.4, 0.5) is 10.5 Å². The third-order valence-corrected chi connectivity index (χ3v) is 9.42. The highest BCUT2D eigenvalue weighted by molar-refractivity contribution is 7.53. The molecule has 0 fully saturated rings. The maximum absolute atomic E-state index is 15.1. The number of amidine groups is 1. The first-order valence-electron chi connectivity index (χ1n) is 16.3. The monoisotopic (exact) mass is 663 g/mol. The van der Waals surface area contributed by atoms with Crippen LogP contribution in [-0.4, -0.2) is 41.1 Å². The minimum atomic E-state index is -4.32. The molecule has 1 amide bonds. The lowest BCUT2D eigenvalue weighted by Gasteiger charge is -2.37. The Kier molecular flexibility index (Phi) is 8.97. The molecule has 248 valence electrons. The Labute approximate surface area is 282 Å². The fourth-order valence-electron chi connectivity index (χ4n) is 6.31. The number of anilines is 1. The molecule has 1 aliphatic heterocycles. The van der Waals surface area contributed by atoms with Crippen LogP contribution in [0.2, 0.25) is 0 Å². The van der Waals surface area contributed by atoms with Crippen molar-refractivity contribution in [1.29, 1.82) is 0 Å². The highest BCUT2D eigenvalue weighted by Gasteiger charge is 2.38. The predicted octanol–water partition coefficient (Wildman–Crippen LogP) is 10.5. The molecule has 0 aromatic heterocycles. The fourth-order valence-corrected chi connectivity index (χ4v) is 7.67. The van der Waals surface area contributed by atoms with Gasteiger partial charge in [0.1, 0.15) is 22.9 Å². The van der Waals surface area contributed by atoms with E-state index in [9.17, 15) is 4.79 Å². The van der Waals surface area contributed by atoms with Gasteiger partial charge >= 0.3 is 13.8 Å². The number of carbonyl (C=O) groups is 1. The smallest absolute Gasteiger partial charge is 0.443 e. The van der Waals surface area contributed by atoms with Gasteiger partial charge in [-0.1, -0.05) is 78.9 Å². The third kappa shape index (κ3) is 6.76. The van der Waals surface area contributed by atoms with Crippen LogP contribution in [-0.2, 0) is 9.30 Å². The quantitative estimate of drug-likeness (QED) is 0.102. The summed E-state index contributed by atoms with van der Waals surface area (Å²) in [6.07, 6.45) is -0.552. The van der Waals surface area contributed by atoms with Gasteiger partial charge in [-0.25, -0.2) is 9.36 Å². The number of hydrogen-bond acceptors (Lipinski definition) is 5. The summed E-state index contributed by atoms with van der Waals surface area (Å²) in [5, 5.41) is 3.92. The zero-order chi connectivity index (χ0) is 34.2. The van der Waals surface area contributed by atoms with Crippen molar-refractivity contribution in [2.45, 2.75) is 66.2 Å². The van der Waals surface area contributed by atoms with Gasteiger partial charge in [-0.05, 0) is 94.3 Å². The van der Waals surface area contributed by atoms with E-state index in [4.69, 9.17) is 18.5 Å². The first-order chi connectivity index (χ1) is 22.8. The Morgan fingerprint density at radius 3 is 1.69 bits per heavy atom. The van der Waals surface area contributed by atoms with E-state index < -0.39 is 19.4 Å². The van der Waals surface area contributed by atoms with Gasteiger partial charge in [0, 0.05) is 28.9 Å². The Balaban J connectivity index is 1.56. The van der Waals surface area contributed by atoms with Crippen molar-refractivity contribution in [3.63, 3.8) is 0 Å². The summed E-state index contributed by atoms with van der Waals surface area (Å²) < 4.78 is 38.7. The van der Waals surface area contributed by atoms with Gasteiger partial charge in [-0.2, -0.15) is 0 Å². The number of para-hydroxylation sites is 1. The standard InChI is InChI=1S/C39H42N3O5P/c1-26(2)42(27(3)4)35(25-41(30-17-9-8-10-18-30)38(43)45-39(5,6)7)40-48(44)46-33-23-21-28-15-11-13-19-31(28)36(33)37-32-20-14-12-16-29(32)22-24-34(37)47-48/h8-24,26-27H,25H2,1-7H3/b40-35-. The van der Waals surface area contributed by atoms with Crippen molar-refractivity contribution in [2.75, 3.05) is 11.4 Å². The van der Waals surface area contributed by atoms with E-state index in [0.717, 1.165) is 32.7 Å². The number of amides is 1. The summed E-state index contributed by atoms with van der Waals surface area (Å²) in [4.78, 5) is 17.3. The van der Waals surface area contributed by atoms with E-state index in [1.165, 1.54) is 4.90 Å². The molecule has 8 nitrogen and oxygen atoms in total. The SMILES string of the molecule is CC(C)N(/C(CN(C(=O)OC(C)(C)C)c1ccccc1)=N\P1(=O)Oc2ccc3ccccc3c2-c2c(ccc3ccccc23)O1)C(C)C. The molecule has 1 heterocycles. The molecule has 48 heavy (non-hydrogen) atoms. The third-order valence-electron chi connectivity index (χ3n) is 8.09. The van der Waals surface area contributed by atoms with Gasteiger partial charge in [0.2, 0.25) is 0 Å². The molecule has 0 saturated heterocycles. The minimum absolute atomic E-state index is 0.0405. The molecule has 1 aliphatic rings. The molecule has 0 unspecified atom stereocenters. The Hall–Kier alpha value is -4.81. The van der Waals surface area contributed by atoms with Crippen LogP contribution in [0, 0.1) is 0 Å². The summed E-state index contributed by atoms with van der Waals surface area (Å²) in [5.74, 6) is 1.18. The lowest BCUT2D eigenvalue weighted by Crippen LogP contribution is -2.49. The van der Waals surface area contributed by atoms with Crippen molar-refractivity contribution in [2.24, 2.45) is 4.76 Å². The maximum atomic E-state index is 15.1. The molecular weight excluding hydrogens is 621 g/mol. The highest BCUT2D eigenvalue weighted by atomic mass is 31.2. The lowest BCUT2D eigenvalue weighted by atomic mass is 9.92. The zero-order valence-electron chi connectivity index (χ0n) is 28.5. The maximum Gasteiger partial charge on any atom is 0.565 e. The van der Waals surface area contributed by atoms with Crippen molar-refractivity contribution >= 4 is 46.9 Å². The molecular formula is C39H42N3O5P. The molecule has 6 rings (SSSR count). The van der Waals surface area contributed by atoms with Gasteiger partial charge in [0.25, 0.3) is 0 Å². The molecule has 9 heteroatoms. The van der Waals surface area contributed by atoms with E-state index in [2.05, 4.69) is 0 Å². The number of ether oxygens (including phenoxy) is 1. The number of nitrogens with zero attached hydrogens (tertiary/aromatic N) is 3. The normalized spacial score (nSPS) is 14.1. The molecule has 0 N–H and O–H groups in total. The van der Waals surface area contributed by atoms with E-state index in [1.54, 1.807) is 0 Å². The highest BCUT2D eigenvalue weighted by Crippen LogP contribution is 2.59. The fraction of sp³-hybridized carbons (Fsp3) is 0.282. The van der Waals surface area contributed by atoms with Crippen LogP contribution in [0.25, 0.3) is 32.7 Å². The van der Waals surface area contributed by atoms with E-state index >= 15 is 4.57 Å². The number of fused-ring (bicyclic) bond motifs is 7. The van der Waals surface area contributed by atoms with Crippen molar-refractivity contribution < 1.29 is 23.1 Å².